The topological polar surface area (TPSA) is 90.4 Å². The van der Waals surface area contributed by atoms with Crippen LogP contribution in [-0.4, -0.2) is 30.7 Å². The van der Waals surface area contributed by atoms with Crippen molar-refractivity contribution in [3.8, 4) is 0 Å². The predicted molar refractivity (Wildman–Crippen MR) is 115 cm³/mol. The third-order valence-corrected chi connectivity index (χ3v) is 4.97. The smallest absolute Gasteiger partial charge is 0.352 e. The normalized spacial score (nSPS) is 11.5. The largest absolute Gasteiger partial charge is 0.354 e. The third-order valence-electron chi connectivity index (χ3n) is 4.97. The molecule has 0 aliphatic carbocycles. The molecular formula is C22H22FN5O3. The van der Waals surface area contributed by atoms with E-state index >= 15 is 0 Å². The maximum atomic E-state index is 14.1. The standard InChI is InChI=1S/C22H22FN5O3/c1-14(2)24-19(29)11-12-26-20(30)16-8-4-6-10-18(16)28-21(26)25-27(22(28)31)13-15-7-3-5-9-17(15)23/h3-10,14H,11-13H2,1-2H3,(H,24,29). The number of aromatic nitrogens is 4. The van der Waals surface area contributed by atoms with Gasteiger partial charge < -0.3 is 5.32 Å². The van der Waals surface area contributed by atoms with Gasteiger partial charge in [-0.2, -0.15) is 0 Å². The molecule has 4 rings (SSSR count). The monoisotopic (exact) mass is 423 g/mol. The number of halogens is 1. The van der Waals surface area contributed by atoms with Crippen LogP contribution in [-0.2, 0) is 17.9 Å². The fraction of sp³-hybridized carbons (Fsp3) is 0.273. The molecule has 8 nitrogen and oxygen atoms in total. The van der Waals surface area contributed by atoms with Gasteiger partial charge in [-0.15, -0.1) is 5.10 Å². The number of nitrogens with zero attached hydrogens (tertiary/aromatic N) is 4. The van der Waals surface area contributed by atoms with E-state index in [0.717, 1.165) is 4.68 Å². The second-order valence-electron chi connectivity index (χ2n) is 7.61. The Morgan fingerprint density at radius 1 is 1.10 bits per heavy atom. The van der Waals surface area contributed by atoms with Crippen LogP contribution in [0.25, 0.3) is 16.7 Å². The van der Waals surface area contributed by atoms with Gasteiger partial charge in [-0.1, -0.05) is 30.3 Å². The summed E-state index contributed by atoms with van der Waals surface area (Å²) >= 11 is 0. The first-order chi connectivity index (χ1) is 14.9. The van der Waals surface area contributed by atoms with Crippen LogP contribution >= 0.6 is 0 Å². The van der Waals surface area contributed by atoms with Gasteiger partial charge in [-0.3, -0.25) is 14.2 Å². The molecule has 0 spiro atoms. The van der Waals surface area contributed by atoms with Crippen molar-refractivity contribution in [2.75, 3.05) is 0 Å². The van der Waals surface area contributed by atoms with E-state index in [9.17, 15) is 18.8 Å². The van der Waals surface area contributed by atoms with E-state index in [0.29, 0.717) is 16.5 Å². The van der Waals surface area contributed by atoms with Crippen LogP contribution in [0, 0.1) is 5.82 Å². The van der Waals surface area contributed by atoms with Gasteiger partial charge in [0.05, 0.1) is 17.4 Å². The number of benzene rings is 2. The van der Waals surface area contributed by atoms with Crippen LogP contribution in [0.2, 0.25) is 0 Å². The first-order valence-corrected chi connectivity index (χ1v) is 10.0. The van der Waals surface area contributed by atoms with E-state index in [1.807, 2.05) is 13.8 Å². The number of amides is 1. The molecule has 0 fully saturated rings. The highest BCUT2D eigenvalue weighted by atomic mass is 19.1. The number of aryl methyl sites for hydroxylation is 1. The highest BCUT2D eigenvalue weighted by Crippen LogP contribution is 2.12. The number of fused-ring (bicyclic) bond motifs is 3. The van der Waals surface area contributed by atoms with Crippen LogP contribution in [0.3, 0.4) is 0 Å². The highest BCUT2D eigenvalue weighted by Gasteiger charge is 2.18. The SMILES string of the molecule is CC(C)NC(=O)CCn1c(=O)c2ccccc2n2c(=O)n(Cc3ccccc3F)nc12. The molecule has 2 heterocycles. The van der Waals surface area contributed by atoms with Crippen molar-refractivity contribution in [1.29, 1.82) is 0 Å². The van der Waals surface area contributed by atoms with Crippen LogP contribution in [0.4, 0.5) is 4.39 Å². The van der Waals surface area contributed by atoms with E-state index in [-0.39, 0.29) is 42.8 Å². The number of carbonyl (C=O) groups is 1. The second kappa shape index (κ2) is 8.17. The fourth-order valence-corrected chi connectivity index (χ4v) is 3.57. The van der Waals surface area contributed by atoms with E-state index in [1.54, 1.807) is 42.5 Å². The van der Waals surface area contributed by atoms with Gasteiger partial charge in [-0.05, 0) is 32.0 Å². The van der Waals surface area contributed by atoms with E-state index < -0.39 is 11.5 Å². The van der Waals surface area contributed by atoms with Gasteiger partial charge >= 0.3 is 5.69 Å². The molecule has 0 radical (unpaired) electrons. The Morgan fingerprint density at radius 2 is 1.81 bits per heavy atom. The maximum absolute atomic E-state index is 14.1. The highest BCUT2D eigenvalue weighted by molar-refractivity contribution is 5.80. The van der Waals surface area contributed by atoms with Gasteiger partial charge in [0.2, 0.25) is 11.7 Å². The van der Waals surface area contributed by atoms with Crippen molar-refractivity contribution in [1.82, 2.24) is 24.1 Å². The van der Waals surface area contributed by atoms with Gasteiger partial charge in [0, 0.05) is 24.6 Å². The van der Waals surface area contributed by atoms with E-state index in [1.165, 1.54) is 15.0 Å². The fourth-order valence-electron chi connectivity index (χ4n) is 3.57. The predicted octanol–water partition coefficient (Wildman–Crippen LogP) is 1.91. The zero-order valence-electron chi connectivity index (χ0n) is 17.2. The summed E-state index contributed by atoms with van der Waals surface area (Å²) in [4.78, 5) is 38.4. The molecule has 1 N–H and O–H groups in total. The lowest BCUT2D eigenvalue weighted by atomic mass is 10.2. The number of carbonyl (C=O) groups excluding carboxylic acids is 1. The Bertz CT molecular complexity index is 1400. The van der Waals surface area contributed by atoms with Crippen molar-refractivity contribution in [2.45, 2.75) is 39.4 Å². The molecule has 0 aliphatic rings. The number of para-hydroxylation sites is 1. The molecule has 0 aliphatic heterocycles. The molecule has 2 aromatic carbocycles. The van der Waals surface area contributed by atoms with Crippen molar-refractivity contribution in [3.63, 3.8) is 0 Å². The number of rotatable bonds is 6. The van der Waals surface area contributed by atoms with Gasteiger partial charge in [-0.25, -0.2) is 18.3 Å². The minimum Gasteiger partial charge on any atom is -0.354 e. The van der Waals surface area contributed by atoms with Crippen molar-refractivity contribution in [3.05, 3.63) is 80.7 Å². The minimum absolute atomic E-state index is 0.0246. The Hall–Kier alpha value is -3.75. The van der Waals surface area contributed by atoms with Gasteiger partial charge in [0.25, 0.3) is 5.56 Å². The van der Waals surface area contributed by atoms with Crippen LogP contribution in [0.5, 0.6) is 0 Å². The quantitative estimate of drug-likeness (QED) is 0.513. The summed E-state index contributed by atoms with van der Waals surface area (Å²) in [6.45, 7) is 3.68. The minimum atomic E-state index is -0.491. The molecule has 0 unspecified atom stereocenters. The number of nitrogens with one attached hydrogen (secondary N) is 1. The zero-order valence-corrected chi connectivity index (χ0v) is 17.2. The molecule has 1 amide bonds. The Balaban J connectivity index is 1.87. The van der Waals surface area contributed by atoms with Crippen molar-refractivity contribution >= 4 is 22.6 Å². The van der Waals surface area contributed by atoms with E-state index in [2.05, 4.69) is 10.4 Å². The number of hydrogen-bond acceptors (Lipinski definition) is 4. The van der Waals surface area contributed by atoms with E-state index in [4.69, 9.17) is 0 Å². The lowest BCUT2D eigenvalue weighted by Gasteiger charge is -2.11. The summed E-state index contributed by atoms with van der Waals surface area (Å²) in [7, 11) is 0. The molecule has 9 heteroatoms. The summed E-state index contributed by atoms with van der Waals surface area (Å²) in [6.07, 6.45) is 0.0560. The molecular weight excluding hydrogens is 401 g/mol. The third kappa shape index (κ3) is 3.86. The lowest BCUT2D eigenvalue weighted by Crippen LogP contribution is -2.32. The summed E-state index contributed by atoms with van der Waals surface area (Å²) in [5, 5.41) is 7.45. The molecule has 0 atom stereocenters. The van der Waals surface area contributed by atoms with Crippen LogP contribution in [0.15, 0.2) is 58.1 Å². The average molecular weight is 423 g/mol. The van der Waals surface area contributed by atoms with Crippen molar-refractivity contribution in [2.24, 2.45) is 0 Å². The molecule has 0 saturated heterocycles. The summed E-state index contributed by atoms with van der Waals surface area (Å²) in [5.41, 5.74) is -0.115. The van der Waals surface area contributed by atoms with Gasteiger partial charge in [0.15, 0.2) is 0 Å². The molecule has 31 heavy (non-hydrogen) atoms. The molecule has 160 valence electrons. The molecule has 4 aromatic rings. The second-order valence-corrected chi connectivity index (χ2v) is 7.61. The Labute approximate surface area is 176 Å². The van der Waals surface area contributed by atoms with Crippen LogP contribution < -0.4 is 16.6 Å². The first kappa shape index (κ1) is 20.5. The molecule has 2 aromatic heterocycles. The molecule has 0 saturated carbocycles. The summed E-state index contributed by atoms with van der Waals surface area (Å²) < 4.78 is 17.9. The summed E-state index contributed by atoms with van der Waals surface area (Å²) in [6, 6.07) is 12.8. The van der Waals surface area contributed by atoms with Crippen molar-refractivity contribution < 1.29 is 9.18 Å². The number of hydrogen-bond donors (Lipinski definition) is 1. The lowest BCUT2D eigenvalue weighted by molar-refractivity contribution is -0.121. The summed E-state index contributed by atoms with van der Waals surface area (Å²) in [5.74, 6) is -0.539. The Kier molecular flexibility index (Phi) is 5.41. The van der Waals surface area contributed by atoms with Crippen LogP contribution in [0.1, 0.15) is 25.8 Å². The molecule has 0 bridgehead atoms. The Morgan fingerprint density at radius 3 is 2.55 bits per heavy atom. The zero-order chi connectivity index (χ0) is 22.1. The maximum Gasteiger partial charge on any atom is 0.352 e. The first-order valence-electron chi connectivity index (χ1n) is 10.0. The average Bonchev–Trinajstić information content (AvgIpc) is 3.05. The van der Waals surface area contributed by atoms with Gasteiger partial charge in [0.1, 0.15) is 5.82 Å².